The summed E-state index contributed by atoms with van der Waals surface area (Å²) in [5.41, 5.74) is 0.802. The molecule has 28 heavy (non-hydrogen) atoms. The number of hydrogen-bond donors (Lipinski definition) is 0. The van der Waals surface area contributed by atoms with Crippen molar-refractivity contribution in [2.24, 2.45) is 0 Å². The maximum absolute atomic E-state index is 12.9. The number of carbonyl (C=O) groups excluding carboxylic acids is 1. The fraction of sp³-hybridized carbons (Fsp3) is 0.316. The number of ether oxygens (including phenoxy) is 1. The summed E-state index contributed by atoms with van der Waals surface area (Å²) in [5, 5.41) is 0.201. The van der Waals surface area contributed by atoms with Gasteiger partial charge in [0.25, 0.3) is 0 Å². The SMILES string of the molecule is COc1ccccc1CC(=O)N1CCN(S(=O)(=O)c2cccc(Cl)c2Cl)CC1. The Morgan fingerprint density at radius 1 is 1.04 bits per heavy atom. The highest BCUT2D eigenvalue weighted by Crippen LogP contribution is 2.31. The number of hydrogen-bond acceptors (Lipinski definition) is 4. The second kappa shape index (κ2) is 8.69. The van der Waals surface area contributed by atoms with Crippen molar-refractivity contribution in [2.45, 2.75) is 11.3 Å². The molecule has 0 aromatic heterocycles. The van der Waals surface area contributed by atoms with Crippen LogP contribution in [-0.2, 0) is 21.2 Å². The van der Waals surface area contributed by atoms with Crippen LogP contribution in [0.5, 0.6) is 5.75 Å². The first-order valence-corrected chi connectivity index (χ1v) is 10.9. The Hall–Kier alpha value is -1.80. The Labute approximate surface area is 174 Å². The molecule has 0 saturated carbocycles. The molecule has 3 rings (SSSR count). The molecular formula is C19H20Cl2N2O4S. The number of nitrogens with zero attached hydrogens (tertiary/aromatic N) is 2. The number of amides is 1. The molecule has 1 amide bonds. The molecule has 2 aromatic carbocycles. The maximum atomic E-state index is 12.9. The molecule has 6 nitrogen and oxygen atoms in total. The Morgan fingerprint density at radius 2 is 1.71 bits per heavy atom. The zero-order chi connectivity index (χ0) is 20.3. The third-order valence-corrected chi connectivity index (χ3v) is 7.53. The average Bonchev–Trinajstić information content (AvgIpc) is 2.70. The summed E-state index contributed by atoms with van der Waals surface area (Å²) >= 11 is 12.0. The second-order valence-corrected chi connectivity index (χ2v) is 9.02. The van der Waals surface area contributed by atoms with Crippen LogP contribution < -0.4 is 4.74 Å². The summed E-state index contributed by atoms with van der Waals surface area (Å²) in [5.74, 6) is 0.593. The minimum absolute atomic E-state index is 0.0128. The topological polar surface area (TPSA) is 66.9 Å². The van der Waals surface area contributed by atoms with E-state index in [9.17, 15) is 13.2 Å². The highest BCUT2D eigenvalue weighted by Gasteiger charge is 2.32. The number of carbonyl (C=O) groups is 1. The van der Waals surface area contributed by atoms with Crippen LogP contribution in [0.25, 0.3) is 0 Å². The fourth-order valence-corrected chi connectivity index (χ4v) is 5.28. The zero-order valence-corrected chi connectivity index (χ0v) is 17.6. The summed E-state index contributed by atoms with van der Waals surface area (Å²) in [6.07, 6.45) is 0.205. The van der Waals surface area contributed by atoms with Crippen molar-refractivity contribution in [3.05, 3.63) is 58.1 Å². The molecule has 2 aromatic rings. The predicted molar refractivity (Wildman–Crippen MR) is 108 cm³/mol. The highest BCUT2D eigenvalue weighted by molar-refractivity contribution is 7.89. The van der Waals surface area contributed by atoms with Crippen LogP contribution >= 0.6 is 23.2 Å². The summed E-state index contributed by atoms with van der Waals surface area (Å²) in [7, 11) is -2.21. The first-order valence-electron chi connectivity index (χ1n) is 8.68. The van der Waals surface area contributed by atoms with Crippen molar-refractivity contribution in [2.75, 3.05) is 33.3 Å². The molecule has 150 valence electrons. The number of para-hydroxylation sites is 1. The van der Waals surface area contributed by atoms with Gasteiger partial charge in [0, 0.05) is 31.7 Å². The summed E-state index contributed by atoms with van der Waals surface area (Å²) in [6, 6.07) is 11.9. The first-order chi connectivity index (χ1) is 13.3. The Morgan fingerprint density at radius 3 is 2.39 bits per heavy atom. The van der Waals surface area contributed by atoms with Gasteiger partial charge in [-0.1, -0.05) is 47.5 Å². The monoisotopic (exact) mass is 442 g/mol. The lowest BCUT2D eigenvalue weighted by atomic mass is 10.1. The molecule has 0 N–H and O–H groups in total. The van der Waals surface area contributed by atoms with Crippen LogP contribution in [-0.4, -0.2) is 56.8 Å². The second-order valence-electron chi connectivity index (χ2n) is 6.33. The van der Waals surface area contributed by atoms with Gasteiger partial charge in [0.05, 0.1) is 23.6 Å². The number of halogens is 2. The third-order valence-electron chi connectivity index (χ3n) is 4.66. The van der Waals surface area contributed by atoms with Gasteiger partial charge < -0.3 is 9.64 Å². The van der Waals surface area contributed by atoms with Crippen LogP contribution in [0.1, 0.15) is 5.56 Å². The molecule has 1 aliphatic heterocycles. The van der Waals surface area contributed by atoms with Gasteiger partial charge in [0.15, 0.2) is 0 Å². The number of rotatable bonds is 5. The predicted octanol–water partition coefficient (Wildman–Crippen LogP) is 3.08. The van der Waals surface area contributed by atoms with E-state index in [1.165, 1.54) is 16.4 Å². The van der Waals surface area contributed by atoms with E-state index >= 15 is 0 Å². The molecule has 1 fully saturated rings. The molecule has 0 bridgehead atoms. The minimum Gasteiger partial charge on any atom is -0.496 e. The molecule has 1 aliphatic rings. The van der Waals surface area contributed by atoms with Crippen LogP contribution in [0.3, 0.4) is 0 Å². The lowest BCUT2D eigenvalue weighted by molar-refractivity contribution is -0.131. The van der Waals surface area contributed by atoms with Crippen LogP contribution in [0.15, 0.2) is 47.4 Å². The molecule has 0 spiro atoms. The van der Waals surface area contributed by atoms with Crippen molar-refractivity contribution in [1.82, 2.24) is 9.21 Å². The lowest BCUT2D eigenvalue weighted by Gasteiger charge is -2.34. The van der Waals surface area contributed by atoms with Gasteiger partial charge in [-0.3, -0.25) is 4.79 Å². The van der Waals surface area contributed by atoms with Crippen molar-refractivity contribution < 1.29 is 17.9 Å². The van der Waals surface area contributed by atoms with Gasteiger partial charge in [-0.15, -0.1) is 0 Å². The van der Waals surface area contributed by atoms with E-state index in [0.717, 1.165) is 5.56 Å². The summed E-state index contributed by atoms with van der Waals surface area (Å²) < 4.78 is 32.4. The van der Waals surface area contributed by atoms with E-state index in [1.54, 1.807) is 18.1 Å². The smallest absolute Gasteiger partial charge is 0.244 e. The number of piperazine rings is 1. The molecule has 0 atom stereocenters. The van der Waals surface area contributed by atoms with Crippen molar-refractivity contribution in [1.29, 1.82) is 0 Å². The molecule has 0 unspecified atom stereocenters. The largest absolute Gasteiger partial charge is 0.496 e. The number of benzene rings is 2. The minimum atomic E-state index is -3.77. The molecule has 1 saturated heterocycles. The molecule has 0 radical (unpaired) electrons. The van der Waals surface area contributed by atoms with E-state index in [1.807, 2.05) is 24.3 Å². The number of sulfonamides is 1. The fourth-order valence-electron chi connectivity index (χ4n) is 3.12. The third kappa shape index (κ3) is 4.27. The van der Waals surface area contributed by atoms with Crippen molar-refractivity contribution in [3.63, 3.8) is 0 Å². The zero-order valence-electron chi connectivity index (χ0n) is 15.3. The molecule has 9 heteroatoms. The quantitative estimate of drug-likeness (QED) is 0.713. The lowest BCUT2D eigenvalue weighted by Crippen LogP contribution is -2.50. The van der Waals surface area contributed by atoms with Crippen molar-refractivity contribution >= 4 is 39.1 Å². The van der Waals surface area contributed by atoms with Crippen molar-refractivity contribution in [3.8, 4) is 5.75 Å². The molecular weight excluding hydrogens is 423 g/mol. The van der Waals surface area contributed by atoms with E-state index in [2.05, 4.69) is 0 Å². The summed E-state index contributed by atoms with van der Waals surface area (Å²) in [6.45, 7) is 1.02. The molecule has 0 aliphatic carbocycles. The van der Waals surface area contributed by atoms with Crippen LogP contribution in [0.2, 0.25) is 10.0 Å². The summed E-state index contributed by atoms with van der Waals surface area (Å²) in [4.78, 5) is 14.3. The van der Waals surface area contributed by atoms with Crippen LogP contribution in [0.4, 0.5) is 0 Å². The molecule has 1 heterocycles. The van der Waals surface area contributed by atoms with Gasteiger partial charge in [0.2, 0.25) is 15.9 Å². The van der Waals surface area contributed by atoms with E-state index in [4.69, 9.17) is 27.9 Å². The van der Waals surface area contributed by atoms with E-state index < -0.39 is 10.0 Å². The first kappa shape index (κ1) is 20.9. The Balaban J connectivity index is 1.67. The van der Waals surface area contributed by atoms with Gasteiger partial charge in [-0.05, 0) is 18.2 Å². The van der Waals surface area contributed by atoms with Gasteiger partial charge in [-0.25, -0.2) is 8.42 Å². The van der Waals surface area contributed by atoms with E-state index in [-0.39, 0.29) is 40.4 Å². The van der Waals surface area contributed by atoms with Gasteiger partial charge in [0.1, 0.15) is 10.6 Å². The maximum Gasteiger partial charge on any atom is 0.244 e. The van der Waals surface area contributed by atoms with Crippen LogP contribution in [0, 0.1) is 0 Å². The normalized spacial score (nSPS) is 15.5. The average molecular weight is 443 g/mol. The standard InChI is InChI=1S/C19H20Cl2N2O4S/c1-27-16-7-3-2-5-14(16)13-18(24)22-9-11-23(12-10-22)28(25,26)17-8-4-6-15(20)19(17)21/h2-8H,9-13H2,1H3. The van der Waals surface area contributed by atoms with Gasteiger partial charge in [-0.2, -0.15) is 4.31 Å². The van der Waals surface area contributed by atoms with Gasteiger partial charge >= 0.3 is 0 Å². The Bertz CT molecular complexity index is 974. The number of methoxy groups -OCH3 is 1. The Kier molecular flexibility index (Phi) is 6.50. The highest BCUT2D eigenvalue weighted by atomic mass is 35.5. The van der Waals surface area contributed by atoms with E-state index in [0.29, 0.717) is 18.8 Å².